The second-order valence-corrected chi connectivity index (χ2v) is 8.88. The maximum absolute atomic E-state index is 5.98. The van der Waals surface area contributed by atoms with Crippen LogP contribution in [0.5, 0.6) is 0 Å². The molecule has 4 nitrogen and oxygen atoms in total. The molecule has 0 heterocycles. The van der Waals surface area contributed by atoms with Gasteiger partial charge in [-0.3, -0.25) is 0 Å². The van der Waals surface area contributed by atoms with Gasteiger partial charge in [0.1, 0.15) is 0 Å². The SMILES string of the molecule is CC(C)CO[Si](OCC(C)C)(OCC(C)C)OC(C)C. The highest BCUT2D eigenvalue weighted by Crippen LogP contribution is 2.18. The molecule has 0 bridgehead atoms. The van der Waals surface area contributed by atoms with E-state index in [0.29, 0.717) is 37.6 Å². The maximum Gasteiger partial charge on any atom is 0.679 e. The van der Waals surface area contributed by atoms with Crippen molar-refractivity contribution in [2.75, 3.05) is 19.8 Å². The monoisotopic (exact) mass is 306 g/mol. The van der Waals surface area contributed by atoms with Crippen molar-refractivity contribution in [3.63, 3.8) is 0 Å². The van der Waals surface area contributed by atoms with Gasteiger partial charge in [-0.05, 0) is 31.6 Å². The van der Waals surface area contributed by atoms with E-state index in [0.717, 1.165) is 0 Å². The average Bonchev–Trinajstić information content (AvgIpc) is 2.30. The summed E-state index contributed by atoms with van der Waals surface area (Å²) in [5.74, 6) is 1.26. The lowest BCUT2D eigenvalue weighted by Gasteiger charge is -2.31. The van der Waals surface area contributed by atoms with Gasteiger partial charge in [-0.25, -0.2) is 0 Å². The normalized spacial score (nSPS) is 13.2. The van der Waals surface area contributed by atoms with Crippen molar-refractivity contribution < 1.29 is 17.7 Å². The van der Waals surface area contributed by atoms with Gasteiger partial charge in [0.25, 0.3) is 0 Å². The fraction of sp³-hybridized carbons (Fsp3) is 1.00. The van der Waals surface area contributed by atoms with Gasteiger partial charge in [0.05, 0.1) is 0 Å². The molecule has 0 saturated carbocycles. The van der Waals surface area contributed by atoms with Crippen LogP contribution in [0.15, 0.2) is 0 Å². The summed E-state index contributed by atoms with van der Waals surface area (Å²) in [6, 6.07) is 0. The molecule has 0 atom stereocenters. The van der Waals surface area contributed by atoms with Crippen molar-refractivity contribution in [1.29, 1.82) is 0 Å². The number of hydrogen-bond donors (Lipinski definition) is 0. The van der Waals surface area contributed by atoms with Crippen molar-refractivity contribution in [2.24, 2.45) is 17.8 Å². The van der Waals surface area contributed by atoms with Crippen LogP contribution < -0.4 is 0 Å². The first-order chi connectivity index (χ1) is 9.17. The molecule has 122 valence electrons. The number of hydrogen-bond acceptors (Lipinski definition) is 4. The van der Waals surface area contributed by atoms with E-state index in [2.05, 4.69) is 41.5 Å². The van der Waals surface area contributed by atoms with Crippen molar-refractivity contribution >= 4 is 9.05 Å². The minimum absolute atomic E-state index is 0.0214. The maximum atomic E-state index is 5.98. The molecule has 0 aromatic heterocycles. The second-order valence-electron chi connectivity index (χ2n) is 6.78. The van der Waals surface area contributed by atoms with E-state index in [9.17, 15) is 0 Å². The summed E-state index contributed by atoms with van der Waals surface area (Å²) in [6.45, 7) is 18.4. The molecule has 0 aliphatic heterocycles. The summed E-state index contributed by atoms with van der Waals surface area (Å²) in [5, 5.41) is 0. The Labute approximate surface area is 126 Å². The standard InChI is InChI=1S/C15H34O4Si/c1-12(2)9-16-20(19-15(7)8,17-10-13(3)4)18-11-14(5)6/h12-15H,9-11H2,1-8H3. The van der Waals surface area contributed by atoms with Crippen LogP contribution in [0.2, 0.25) is 0 Å². The molecule has 0 unspecified atom stereocenters. The highest BCUT2D eigenvalue weighted by molar-refractivity contribution is 6.53. The van der Waals surface area contributed by atoms with Gasteiger partial charge in [-0.1, -0.05) is 41.5 Å². The first-order valence-electron chi connectivity index (χ1n) is 7.76. The third-order valence-electron chi connectivity index (χ3n) is 2.16. The summed E-state index contributed by atoms with van der Waals surface area (Å²) >= 11 is 0. The molecule has 0 spiro atoms. The lowest BCUT2D eigenvalue weighted by molar-refractivity contribution is -0.0615. The van der Waals surface area contributed by atoms with Crippen LogP contribution in [0.1, 0.15) is 55.4 Å². The van der Waals surface area contributed by atoms with E-state index >= 15 is 0 Å². The zero-order chi connectivity index (χ0) is 15.8. The molecule has 0 radical (unpaired) electrons. The van der Waals surface area contributed by atoms with Crippen LogP contribution in [0.25, 0.3) is 0 Å². The fourth-order valence-electron chi connectivity index (χ4n) is 1.32. The molecule has 0 aliphatic rings. The Hall–Kier alpha value is 0.0569. The summed E-state index contributed by atoms with van der Waals surface area (Å²) in [6.07, 6.45) is 0.0214. The molecule has 0 rings (SSSR count). The van der Waals surface area contributed by atoms with E-state index in [-0.39, 0.29) is 6.10 Å². The highest BCUT2D eigenvalue weighted by atomic mass is 28.4. The quantitative estimate of drug-likeness (QED) is 0.543. The minimum Gasteiger partial charge on any atom is -0.351 e. The smallest absolute Gasteiger partial charge is 0.351 e. The number of rotatable bonds is 11. The van der Waals surface area contributed by atoms with Crippen LogP contribution in [0.4, 0.5) is 0 Å². The van der Waals surface area contributed by atoms with Crippen molar-refractivity contribution in [1.82, 2.24) is 0 Å². The zero-order valence-electron chi connectivity index (χ0n) is 14.6. The van der Waals surface area contributed by atoms with Crippen LogP contribution in [-0.4, -0.2) is 35.0 Å². The molecule has 0 saturated heterocycles. The molecule has 0 aromatic rings. The topological polar surface area (TPSA) is 36.9 Å². The van der Waals surface area contributed by atoms with E-state index in [1.54, 1.807) is 0 Å². The van der Waals surface area contributed by atoms with Crippen LogP contribution >= 0.6 is 0 Å². The Kier molecular flexibility index (Phi) is 9.92. The van der Waals surface area contributed by atoms with Gasteiger partial charge in [-0.15, -0.1) is 0 Å². The van der Waals surface area contributed by atoms with Crippen molar-refractivity contribution in [2.45, 2.75) is 61.5 Å². The van der Waals surface area contributed by atoms with Gasteiger partial charge in [-0.2, -0.15) is 0 Å². The van der Waals surface area contributed by atoms with Gasteiger partial charge in [0.15, 0.2) is 0 Å². The van der Waals surface area contributed by atoms with E-state index in [4.69, 9.17) is 17.7 Å². The van der Waals surface area contributed by atoms with Gasteiger partial charge in [0.2, 0.25) is 0 Å². The average molecular weight is 307 g/mol. The molecule has 0 aliphatic carbocycles. The molecule has 0 aromatic carbocycles. The van der Waals surface area contributed by atoms with Crippen LogP contribution in [0, 0.1) is 17.8 Å². The third kappa shape index (κ3) is 9.88. The molecule has 0 fully saturated rings. The predicted octanol–water partition coefficient (Wildman–Crippen LogP) is 3.86. The molecule has 0 amide bonds. The summed E-state index contributed by atoms with van der Waals surface area (Å²) < 4.78 is 23.9. The second kappa shape index (κ2) is 9.90. The van der Waals surface area contributed by atoms with Crippen molar-refractivity contribution in [3.05, 3.63) is 0 Å². The Morgan fingerprint density at radius 2 is 0.900 bits per heavy atom. The fourth-order valence-corrected chi connectivity index (χ4v) is 3.97. The van der Waals surface area contributed by atoms with Crippen LogP contribution in [-0.2, 0) is 17.7 Å². The summed E-state index contributed by atoms with van der Waals surface area (Å²) in [4.78, 5) is 0. The molecule has 0 N–H and O–H groups in total. The van der Waals surface area contributed by atoms with Crippen molar-refractivity contribution in [3.8, 4) is 0 Å². The largest absolute Gasteiger partial charge is 0.679 e. The summed E-state index contributed by atoms with van der Waals surface area (Å²) in [5.41, 5.74) is 0. The Balaban J connectivity index is 4.84. The van der Waals surface area contributed by atoms with Gasteiger partial charge < -0.3 is 17.7 Å². The highest BCUT2D eigenvalue weighted by Gasteiger charge is 2.47. The molecule has 20 heavy (non-hydrogen) atoms. The predicted molar refractivity (Wildman–Crippen MR) is 84.3 cm³/mol. The minimum atomic E-state index is -3.05. The van der Waals surface area contributed by atoms with Gasteiger partial charge >= 0.3 is 9.05 Å². The van der Waals surface area contributed by atoms with E-state index in [1.807, 2.05) is 13.8 Å². The Morgan fingerprint density at radius 1 is 0.600 bits per heavy atom. The van der Waals surface area contributed by atoms with Crippen LogP contribution in [0.3, 0.4) is 0 Å². The Morgan fingerprint density at radius 3 is 1.10 bits per heavy atom. The zero-order valence-corrected chi connectivity index (χ0v) is 15.6. The summed E-state index contributed by atoms with van der Waals surface area (Å²) in [7, 11) is -3.05. The van der Waals surface area contributed by atoms with E-state index in [1.165, 1.54) is 0 Å². The lowest BCUT2D eigenvalue weighted by atomic mass is 10.2. The molecule has 5 heteroatoms. The molecular formula is C15H34O4Si. The third-order valence-corrected chi connectivity index (χ3v) is 4.48. The lowest BCUT2D eigenvalue weighted by Crippen LogP contribution is -2.52. The van der Waals surface area contributed by atoms with Gasteiger partial charge in [0, 0.05) is 25.9 Å². The Bertz CT molecular complexity index is 211. The first-order valence-corrected chi connectivity index (χ1v) is 9.39. The first kappa shape index (κ1) is 20.1. The molecular weight excluding hydrogens is 272 g/mol. The van der Waals surface area contributed by atoms with E-state index < -0.39 is 9.05 Å².